The Labute approximate surface area is 162 Å². The molecule has 28 heavy (non-hydrogen) atoms. The van der Waals surface area contributed by atoms with Gasteiger partial charge in [0.25, 0.3) is 5.89 Å². The van der Waals surface area contributed by atoms with Crippen LogP contribution in [0.3, 0.4) is 0 Å². The fourth-order valence-corrected chi connectivity index (χ4v) is 4.73. The number of hydrogen-bond donors (Lipinski definition) is 0. The number of sulfonamides is 1. The van der Waals surface area contributed by atoms with Crippen LogP contribution >= 0.6 is 0 Å². The molecule has 0 atom stereocenters. The zero-order chi connectivity index (χ0) is 19.7. The third kappa shape index (κ3) is 3.50. The molecule has 3 heterocycles. The Morgan fingerprint density at radius 1 is 1.11 bits per heavy atom. The molecule has 2 aromatic heterocycles. The van der Waals surface area contributed by atoms with Gasteiger partial charge in [-0.2, -0.15) is 4.31 Å². The van der Waals surface area contributed by atoms with Crippen LogP contribution in [0.4, 0.5) is 0 Å². The quantitative estimate of drug-likeness (QED) is 0.605. The van der Waals surface area contributed by atoms with Crippen molar-refractivity contribution in [2.24, 2.45) is 0 Å². The number of carbonyl (C=O) groups excluding carboxylic acids is 1. The van der Waals surface area contributed by atoms with E-state index in [9.17, 15) is 13.2 Å². The van der Waals surface area contributed by atoms with Gasteiger partial charge in [0.2, 0.25) is 15.9 Å². The maximum Gasteiger partial charge on any atom is 0.250 e. The lowest BCUT2D eigenvalue weighted by molar-refractivity contribution is 0.101. The number of furan rings is 1. The summed E-state index contributed by atoms with van der Waals surface area (Å²) in [6, 6.07) is 7.78. The van der Waals surface area contributed by atoms with Gasteiger partial charge < -0.3 is 8.83 Å². The number of benzene rings is 1. The Morgan fingerprint density at radius 3 is 2.43 bits per heavy atom. The second-order valence-corrected chi connectivity index (χ2v) is 8.65. The number of aromatic nitrogens is 2. The lowest BCUT2D eigenvalue weighted by Gasteiger charge is -2.29. The third-order valence-electron chi connectivity index (χ3n) is 4.91. The third-order valence-corrected chi connectivity index (χ3v) is 6.82. The highest BCUT2D eigenvalue weighted by atomic mass is 32.2. The fourth-order valence-electron chi connectivity index (χ4n) is 3.26. The molecule has 0 radical (unpaired) electrons. The molecule has 1 aromatic carbocycles. The lowest BCUT2D eigenvalue weighted by Crippen LogP contribution is -2.37. The van der Waals surface area contributed by atoms with Crippen molar-refractivity contribution in [2.45, 2.75) is 30.6 Å². The molecule has 0 N–H and O–H groups in total. The van der Waals surface area contributed by atoms with Crippen LogP contribution in [-0.2, 0) is 10.0 Å². The molecule has 0 unspecified atom stereocenters. The van der Waals surface area contributed by atoms with E-state index in [4.69, 9.17) is 8.83 Å². The summed E-state index contributed by atoms with van der Waals surface area (Å²) in [4.78, 5) is 11.6. The lowest BCUT2D eigenvalue weighted by atomic mass is 9.98. The molecular weight excluding hydrogens is 382 g/mol. The monoisotopic (exact) mass is 401 g/mol. The van der Waals surface area contributed by atoms with E-state index in [1.54, 1.807) is 6.07 Å². The number of Topliss-reactive ketones (excluding diaryl/α,β-unsaturated/α-hetero) is 1. The summed E-state index contributed by atoms with van der Waals surface area (Å²) in [5.41, 5.74) is 1.20. The first-order chi connectivity index (χ1) is 13.4. The first-order valence-corrected chi connectivity index (χ1v) is 10.4. The maximum absolute atomic E-state index is 12.9. The average molecular weight is 401 g/mol. The predicted molar refractivity (Wildman–Crippen MR) is 99.2 cm³/mol. The van der Waals surface area contributed by atoms with Gasteiger partial charge in [0, 0.05) is 24.6 Å². The zero-order valence-corrected chi connectivity index (χ0v) is 16.1. The van der Waals surface area contributed by atoms with E-state index in [1.165, 1.54) is 48.0 Å². The SMILES string of the molecule is CC(=O)c1ccc(S(=O)(=O)N2CCC(c3nnc(-c4ccoc4)o3)CC2)cc1. The number of hydrogen-bond acceptors (Lipinski definition) is 7. The summed E-state index contributed by atoms with van der Waals surface area (Å²) < 4.78 is 37.9. The second kappa shape index (κ2) is 7.33. The first-order valence-electron chi connectivity index (χ1n) is 8.92. The Morgan fingerprint density at radius 2 is 1.82 bits per heavy atom. The number of ketones is 1. The summed E-state index contributed by atoms with van der Waals surface area (Å²) in [6.45, 7) is 2.18. The molecule has 0 spiro atoms. The Kier molecular flexibility index (Phi) is 4.86. The van der Waals surface area contributed by atoms with E-state index in [0.717, 1.165) is 0 Å². The topological polar surface area (TPSA) is 107 Å². The molecule has 0 bridgehead atoms. The van der Waals surface area contributed by atoms with Gasteiger partial charge in [0.05, 0.1) is 16.7 Å². The second-order valence-electron chi connectivity index (χ2n) is 6.72. The molecule has 1 fully saturated rings. The van der Waals surface area contributed by atoms with Gasteiger partial charge in [-0.1, -0.05) is 12.1 Å². The molecule has 3 aromatic rings. The van der Waals surface area contributed by atoms with E-state index in [0.29, 0.717) is 48.8 Å². The summed E-state index contributed by atoms with van der Waals surface area (Å²) in [6.07, 6.45) is 4.25. The molecule has 1 saturated heterocycles. The van der Waals surface area contributed by atoms with Crippen molar-refractivity contribution in [3.63, 3.8) is 0 Å². The van der Waals surface area contributed by atoms with E-state index >= 15 is 0 Å². The van der Waals surface area contributed by atoms with Crippen molar-refractivity contribution in [1.82, 2.24) is 14.5 Å². The van der Waals surface area contributed by atoms with Crippen molar-refractivity contribution in [3.05, 3.63) is 54.3 Å². The normalized spacial score (nSPS) is 16.3. The van der Waals surface area contributed by atoms with Gasteiger partial charge in [-0.05, 0) is 38.0 Å². The minimum Gasteiger partial charge on any atom is -0.472 e. The van der Waals surface area contributed by atoms with Crippen LogP contribution in [0.1, 0.15) is 41.9 Å². The summed E-state index contributed by atoms with van der Waals surface area (Å²) in [5.74, 6) is 0.822. The standard InChI is InChI=1S/C19H19N3O5S/c1-13(23)14-2-4-17(5-3-14)28(24,25)22-9-6-15(7-10-22)18-20-21-19(27-18)16-8-11-26-12-16/h2-5,8,11-12,15H,6-7,9-10H2,1H3. The molecular formula is C19H19N3O5S. The molecule has 0 aliphatic carbocycles. The highest BCUT2D eigenvalue weighted by Crippen LogP contribution is 2.31. The molecule has 1 aliphatic rings. The van der Waals surface area contributed by atoms with Crippen LogP contribution in [0.5, 0.6) is 0 Å². The van der Waals surface area contributed by atoms with Gasteiger partial charge in [0.1, 0.15) is 6.26 Å². The molecule has 0 saturated carbocycles. The Balaban J connectivity index is 1.44. The highest BCUT2D eigenvalue weighted by molar-refractivity contribution is 7.89. The van der Waals surface area contributed by atoms with Crippen molar-refractivity contribution < 1.29 is 22.0 Å². The van der Waals surface area contributed by atoms with Crippen LogP contribution in [0.2, 0.25) is 0 Å². The molecule has 1 aliphatic heterocycles. The molecule has 146 valence electrons. The van der Waals surface area contributed by atoms with E-state index in [2.05, 4.69) is 10.2 Å². The van der Waals surface area contributed by atoms with E-state index in [1.807, 2.05) is 0 Å². The van der Waals surface area contributed by atoms with Gasteiger partial charge in [-0.15, -0.1) is 10.2 Å². The van der Waals surface area contributed by atoms with Crippen molar-refractivity contribution >= 4 is 15.8 Å². The van der Waals surface area contributed by atoms with Gasteiger partial charge >= 0.3 is 0 Å². The minimum atomic E-state index is -3.60. The van der Waals surface area contributed by atoms with Crippen molar-refractivity contribution in [2.75, 3.05) is 13.1 Å². The highest BCUT2D eigenvalue weighted by Gasteiger charge is 2.32. The van der Waals surface area contributed by atoms with E-state index < -0.39 is 10.0 Å². The number of nitrogens with zero attached hydrogens (tertiary/aromatic N) is 3. The summed E-state index contributed by atoms with van der Waals surface area (Å²) >= 11 is 0. The van der Waals surface area contributed by atoms with Gasteiger partial charge in [0.15, 0.2) is 5.78 Å². The molecule has 9 heteroatoms. The predicted octanol–water partition coefficient (Wildman–Crippen LogP) is 3.10. The zero-order valence-electron chi connectivity index (χ0n) is 15.2. The van der Waals surface area contributed by atoms with Crippen molar-refractivity contribution in [3.8, 4) is 11.5 Å². The minimum absolute atomic E-state index is 0.0136. The van der Waals surface area contributed by atoms with Crippen LogP contribution in [0, 0.1) is 0 Å². The average Bonchev–Trinajstić information content (AvgIpc) is 3.40. The number of carbonyl (C=O) groups is 1. The maximum atomic E-state index is 12.9. The molecule has 0 amide bonds. The van der Waals surface area contributed by atoms with Crippen LogP contribution in [-0.4, -0.2) is 41.8 Å². The molecule has 4 rings (SSSR count). The number of rotatable bonds is 5. The van der Waals surface area contributed by atoms with Crippen molar-refractivity contribution in [1.29, 1.82) is 0 Å². The smallest absolute Gasteiger partial charge is 0.250 e. The largest absolute Gasteiger partial charge is 0.472 e. The first kappa shape index (κ1) is 18.6. The van der Waals surface area contributed by atoms with Crippen LogP contribution in [0.15, 0.2) is 56.6 Å². The summed E-state index contributed by atoms with van der Waals surface area (Å²) in [5, 5.41) is 8.14. The van der Waals surface area contributed by atoms with Gasteiger partial charge in [-0.25, -0.2) is 8.42 Å². The van der Waals surface area contributed by atoms with E-state index in [-0.39, 0.29) is 16.6 Å². The Hall–Kier alpha value is -2.78. The van der Waals surface area contributed by atoms with Crippen LogP contribution < -0.4 is 0 Å². The van der Waals surface area contributed by atoms with Gasteiger partial charge in [-0.3, -0.25) is 4.79 Å². The molecule has 8 nitrogen and oxygen atoms in total. The number of piperidine rings is 1. The fraction of sp³-hybridized carbons (Fsp3) is 0.316. The Bertz CT molecular complexity index is 1060. The summed E-state index contributed by atoms with van der Waals surface area (Å²) in [7, 11) is -3.60. The van der Waals surface area contributed by atoms with Crippen LogP contribution in [0.25, 0.3) is 11.5 Å².